The fourth-order valence-corrected chi connectivity index (χ4v) is 5.70. The minimum absolute atomic E-state index is 0.0543. The second kappa shape index (κ2) is 9.74. The topological polar surface area (TPSA) is 73.6 Å². The molecule has 3 atom stereocenters. The summed E-state index contributed by atoms with van der Waals surface area (Å²) in [6.45, 7) is 4.79. The van der Waals surface area contributed by atoms with E-state index in [2.05, 4.69) is 40.4 Å². The van der Waals surface area contributed by atoms with Crippen LogP contribution >= 0.6 is 23.2 Å². The Morgan fingerprint density at radius 3 is 2.82 bits per heavy atom. The monoisotopic (exact) mass is 501 g/mol. The molecule has 180 valence electrons. The van der Waals surface area contributed by atoms with Crippen molar-refractivity contribution in [2.24, 2.45) is 0 Å². The fourth-order valence-electron chi connectivity index (χ4n) is 5.14. The number of aliphatic hydroxyl groups excluding tert-OH is 1. The van der Waals surface area contributed by atoms with E-state index in [9.17, 15) is 9.90 Å². The van der Waals surface area contributed by atoms with Gasteiger partial charge in [-0.15, -0.1) is 0 Å². The molecule has 0 aliphatic carbocycles. The van der Waals surface area contributed by atoms with Gasteiger partial charge in [-0.05, 0) is 62.2 Å². The quantitative estimate of drug-likeness (QED) is 0.557. The number of hydrogen-bond acceptors (Lipinski definition) is 5. The zero-order valence-corrected chi connectivity index (χ0v) is 20.6. The van der Waals surface area contributed by atoms with Gasteiger partial charge in [-0.25, -0.2) is 0 Å². The van der Waals surface area contributed by atoms with Gasteiger partial charge in [-0.3, -0.25) is 9.48 Å². The highest BCUT2D eigenvalue weighted by Crippen LogP contribution is 2.32. The molecule has 2 saturated heterocycles. The van der Waals surface area contributed by atoms with Crippen molar-refractivity contribution < 1.29 is 9.90 Å². The molecule has 5 rings (SSSR count). The lowest BCUT2D eigenvalue weighted by Crippen LogP contribution is -2.59. The maximum absolute atomic E-state index is 13.0. The Morgan fingerprint density at radius 2 is 2.09 bits per heavy atom. The minimum atomic E-state index is -0.226. The molecule has 34 heavy (non-hydrogen) atoms. The summed E-state index contributed by atoms with van der Waals surface area (Å²) >= 11 is 12.6. The van der Waals surface area contributed by atoms with Gasteiger partial charge in [-0.1, -0.05) is 29.3 Å². The zero-order chi connectivity index (χ0) is 23.8. The molecule has 7 nitrogen and oxygen atoms in total. The van der Waals surface area contributed by atoms with Crippen molar-refractivity contribution in [1.82, 2.24) is 20.0 Å². The van der Waals surface area contributed by atoms with Gasteiger partial charge in [0.2, 0.25) is 5.91 Å². The zero-order valence-electron chi connectivity index (χ0n) is 19.1. The number of halogens is 2. The number of nitrogens with one attached hydrogen (secondary N) is 1. The molecule has 2 fully saturated rings. The molecule has 3 unspecified atom stereocenters. The number of piperazine rings is 1. The molecule has 1 aromatic heterocycles. The van der Waals surface area contributed by atoms with Crippen molar-refractivity contribution in [3.05, 3.63) is 58.2 Å². The first-order valence-corrected chi connectivity index (χ1v) is 12.5. The Hall–Kier alpha value is -2.32. The number of nitrogens with zero attached hydrogens (tertiary/aromatic N) is 4. The van der Waals surface area contributed by atoms with Crippen molar-refractivity contribution in [3.8, 4) is 0 Å². The van der Waals surface area contributed by atoms with Crippen LogP contribution in [0.3, 0.4) is 0 Å². The van der Waals surface area contributed by atoms with Gasteiger partial charge >= 0.3 is 0 Å². The predicted octanol–water partition coefficient (Wildman–Crippen LogP) is 3.71. The van der Waals surface area contributed by atoms with Gasteiger partial charge in [0.05, 0.1) is 36.4 Å². The molecule has 0 saturated carbocycles. The number of aromatic nitrogens is 2. The van der Waals surface area contributed by atoms with Gasteiger partial charge in [0.15, 0.2) is 0 Å². The van der Waals surface area contributed by atoms with Crippen LogP contribution in [0.5, 0.6) is 0 Å². The third-order valence-corrected chi connectivity index (χ3v) is 7.62. The van der Waals surface area contributed by atoms with Crippen LogP contribution in [0.4, 0.5) is 5.69 Å². The molecule has 2 aromatic carbocycles. The summed E-state index contributed by atoms with van der Waals surface area (Å²) in [6, 6.07) is 11.4. The van der Waals surface area contributed by atoms with Crippen LogP contribution in [-0.4, -0.2) is 70.6 Å². The maximum Gasteiger partial charge on any atom is 0.240 e. The summed E-state index contributed by atoms with van der Waals surface area (Å²) < 4.78 is 1.98. The first kappa shape index (κ1) is 23.4. The summed E-state index contributed by atoms with van der Waals surface area (Å²) in [5, 5.41) is 20.3. The number of amides is 1. The first-order valence-electron chi connectivity index (χ1n) is 11.8. The summed E-state index contributed by atoms with van der Waals surface area (Å²) in [5.41, 5.74) is 3.01. The average Bonchev–Trinajstić information content (AvgIpc) is 3.53. The van der Waals surface area contributed by atoms with E-state index in [1.165, 1.54) is 0 Å². The van der Waals surface area contributed by atoms with Crippen LogP contribution in [0.25, 0.3) is 10.9 Å². The lowest BCUT2D eigenvalue weighted by Gasteiger charge is -2.42. The molecule has 2 N–H and O–H groups in total. The fraction of sp³-hybridized carbons (Fsp3) is 0.440. The van der Waals surface area contributed by atoms with Crippen LogP contribution < -0.4 is 10.2 Å². The summed E-state index contributed by atoms with van der Waals surface area (Å²) in [4.78, 5) is 17.1. The van der Waals surface area contributed by atoms with Gasteiger partial charge < -0.3 is 20.2 Å². The number of carbonyl (C=O) groups is 1. The van der Waals surface area contributed by atoms with Crippen molar-refractivity contribution in [1.29, 1.82) is 0 Å². The van der Waals surface area contributed by atoms with Crippen molar-refractivity contribution in [2.45, 2.75) is 37.9 Å². The molecular formula is C25H29Cl2N5O2. The highest BCUT2D eigenvalue weighted by atomic mass is 35.5. The van der Waals surface area contributed by atoms with Crippen LogP contribution in [0.15, 0.2) is 42.6 Å². The molecule has 2 aliphatic rings. The van der Waals surface area contributed by atoms with E-state index in [-0.39, 0.29) is 30.6 Å². The molecule has 2 aliphatic heterocycles. The van der Waals surface area contributed by atoms with Crippen molar-refractivity contribution in [3.63, 3.8) is 0 Å². The molecule has 1 amide bonds. The minimum Gasteiger partial charge on any atom is -0.394 e. The normalized spacial score (nSPS) is 21.9. The molecule has 0 bridgehead atoms. The van der Waals surface area contributed by atoms with E-state index in [1.807, 2.05) is 27.9 Å². The summed E-state index contributed by atoms with van der Waals surface area (Å²) in [6.07, 6.45) is 3.75. The molecule has 0 radical (unpaired) electrons. The molecule has 0 spiro atoms. The Bertz CT molecular complexity index is 1190. The number of fused-ring (bicyclic) bond motifs is 1. The lowest BCUT2D eigenvalue weighted by molar-refractivity contribution is -0.136. The molecule has 9 heteroatoms. The number of aliphatic hydroxyl groups is 1. The Balaban J connectivity index is 1.39. The third kappa shape index (κ3) is 4.38. The largest absolute Gasteiger partial charge is 0.394 e. The van der Waals surface area contributed by atoms with Crippen LogP contribution in [0, 0.1) is 0 Å². The van der Waals surface area contributed by atoms with Gasteiger partial charge in [0, 0.05) is 40.8 Å². The number of rotatable bonds is 5. The van der Waals surface area contributed by atoms with Gasteiger partial charge in [-0.2, -0.15) is 5.10 Å². The van der Waals surface area contributed by atoms with Gasteiger partial charge in [0.25, 0.3) is 0 Å². The second-order valence-corrected chi connectivity index (χ2v) is 9.98. The molecule has 3 heterocycles. The van der Waals surface area contributed by atoms with Crippen molar-refractivity contribution >= 4 is 45.7 Å². The van der Waals surface area contributed by atoms with E-state index in [0.29, 0.717) is 29.7 Å². The highest BCUT2D eigenvalue weighted by molar-refractivity contribution is 6.35. The molecular weight excluding hydrogens is 473 g/mol. The van der Waals surface area contributed by atoms with E-state index >= 15 is 0 Å². The number of anilines is 1. The lowest BCUT2D eigenvalue weighted by atomic mass is 10.1. The van der Waals surface area contributed by atoms with E-state index in [4.69, 9.17) is 23.2 Å². The van der Waals surface area contributed by atoms with Gasteiger partial charge in [0.1, 0.15) is 0 Å². The standard InChI is InChI=1S/C25H29Cl2N5O2/c1-16(21-7-5-18(26)11-22(21)27)32-24-12-19(6-4-17(24)13-29-32)30-9-10-31(20(14-30)15-33)25(34)23-3-2-8-28-23/h4-7,11-13,16,20,23,28,33H,2-3,8-10,14-15H2,1H3. The second-order valence-electron chi connectivity index (χ2n) is 9.14. The Kier molecular flexibility index (Phi) is 6.71. The highest BCUT2D eigenvalue weighted by Gasteiger charge is 2.35. The molecule has 3 aromatic rings. The van der Waals surface area contributed by atoms with Crippen LogP contribution in [0.2, 0.25) is 10.0 Å². The number of carbonyl (C=O) groups excluding carboxylic acids is 1. The summed E-state index contributed by atoms with van der Waals surface area (Å²) in [5.74, 6) is 0.110. The SMILES string of the molecule is CC(c1ccc(Cl)cc1Cl)n1ncc2ccc(N3CCN(C(=O)C4CCCN4)C(CO)C3)cc21. The van der Waals surface area contributed by atoms with Crippen LogP contribution in [-0.2, 0) is 4.79 Å². The first-order chi connectivity index (χ1) is 16.5. The van der Waals surface area contributed by atoms with Crippen molar-refractivity contribution in [2.75, 3.05) is 37.7 Å². The number of hydrogen-bond donors (Lipinski definition) is 2. The van der Waals surface area contributed by atoms with E-state index in [0.717, 1.165) is 41.5 Å². The van der Waals surface area contributed by atoms with E-state index < -0.39 is 0 Å². The smallest absolute Gasteiger partial charge is 0.240 e. The predicted molar refractivity (Wildman–Crippen MR) is 136 cm³/mol. The third-order valence-electron chi connectivity index (χ3n) is 7.06. The number of benzene rings is 2. The van der Waals surface area contributed by atoms with Crippen LogP contribution in [0.1, 0.15) is 31.4 Å². The maximum atomic E-state index is 13.0. The Morgan fingerprint density at radius 1 is 1.24 bits per heavy atom. The Labute approximate surface area is 209 Å². The average molecular weight is 502 g/mol. The summed E-state index contributed by atoms with van der Waals surface area (Å²) in [7, 11) is 0. The van der Waals surface area contributed by atoms with E-state index in [1.54, 1.807) is 6.07 Å².